The Labute approximate surface area is 131 Å². The Bertz CT molecular complexity index is 557. The van der Waals surface area contributed by atoms with Crippen LogP contribution in [0.15, 0.2) is 18.2 Å². The van der Waals surface area contributed by atoms with Crippen molar-refractivity contribution < 1.29 is 13.9 Å². The number of carbonyl (C=O) groups excluding carboxylic acids is 1. The van der Waals surface area contributed by atoms with Crippen molar-refractivity contribution in [2.24, 2.45) is 11.8 Å². The lowest BCUT2D eigenvalue weighted by atomic mass is 9.79. The summed E-state index contributed by atoms with van der Waals surface area (Å²) in [4.78, 5) is 11.8. The smallest absolute Gasteiger partial charge is 0.311 e. The van der Waals surface area contributed by atoms with Crippen molar-refractivity contribution in [2.45, 2.75) is 51.9 Å². The molecule has 0 unspecified atom stereocenters. The van der Waals surface area contributed by atoms with Crippen molar-refractivity contribution >= 4 is 5.97 Å². The van der Waals surface area contributed by atoms with Crippen LogP contribution in [0.4, 0.5) is 4.39 Å². The molecule has 0 bridgehead atoms. The highest BCUT2D eigenvalue weighted by molar-refractivity contribution is 5.72. The molecule has 1 aliphatic rings. The van der Waals surface area contributed by atoms with Crippen LogP contribution in [-0.4, -0.2) is 5.97 Å². The number of benzene rings is 1. The molecule has 0 radical (unpaired) electrons. The van der Waals surface area contributed by atoms with E-state index in [0.717, 1.165) is 18.4 Å². The van der Waals surface area contributed by atoms with E-state index in [9.17, 15) is 9.18 Å². The molecule has 22 heavy (non-hydrogen) atoms. The molecule has 0 saturated heterocycles. The van der Waals surface area contributed by atoms with Gasteiger partial charge in [0.05, 0.1) is 5.56 Å². The summed E-state index contributed by atoms with van der Waals surface area (Å²) in [5.41, 5.74) is -0.0486. The Morgan fingerprint density at radius 3 is 2.59 bits per heavy atom. The van der Waals surface area contributed by atoms with Crippen LogP contribution in [0.25, 0.3) is 0 Å². The molecule has 0 atom stereocenters. The van der Waals surface area contributed by atoms with Gasteiger partial charge in [0, 0.05) is 12.5 Å². The Morgan fingerprint density at radius 1 is 1.32 bits per heavy atom. The highest BCUT2D eigenvalue weighted by Crippen LogP contribution is 2.33. The van der Waals surface area contributed by atoms with Gasteiger partial charge in [-0.15, -0.1) is 0 Å². The summed E-state index contributed by atoms with van der Waals surface area (Å²) in [6, 6.07) is 5.60. The van der Waals surface area contributed by atoms with Gasteiger partial charge < -0.3 is 4.74 Å². The standard InChI is InChI=1S/C18H22FNO2/c1-2-13-3-5-14(6-4-13)7-10-18(21)22-16-9-8-15(12-20)17(19)11-16/h8-9,11,13-14H,2-7,10H2,1H3/t13-,14-. The number of ether oxygens (including phenoxy) is 1. The van der Waals surface area contributed by atoms with Crippen molar-refractivity contribution in [3.05, 3.63) is 29.6 Å². The molecule has 0 aromatic heterocycles. The van der Waals surface area contributed by atoms with Crippen molar-refractivity contribution in [2.75, 3.05) is 0 Å². The van der Waals surface area contributed by atoms with Crippen molar-refractivity contribution in [3.63, 3.8) is 0 Å². The van der Waals surface area contributed by atoms with Crippen LogP contribution < -0.4 is 4.74 Å². The first kappa shape index (κ1) is 16.5. The summed E-state index contributed by atoms with van der Waals surface area (Å²) in [6.45, 7) is 2.24. The summed E-state index contributed by atoms with van der Waals surface area (Å²) in [6.07, 6.45) is 7.36. The van der Waals surface area contributed by atoms with E-state index in [-0.39, 0.29) is 17.3 Å². The molecular formula is C18H22FNO2. The maximum Gasteiger partial charge on any atom is 0.311 e. The van der Waals surface area contributed by atoms with Gasteiger partial charge >= 0.3 is 5.97 Å². The van der Waals surface area contributed by atoms with Gasteiger partial charge in [0.25, 0.3) is 0 Å². The van der Waals surface area contributed by atoms with Gasteiger partial charge in [-0.3, -0.25) is 4.79 Å². The Kier molecular flexibility index (Phi) is 5.94. The maximum atomic E-state index is 13.4. The molecule has 0 amide bonds. The molecular weight excluding hydrogens is 281 g/mol. The molecule has 4 heteroatoms. The number of nitriles is 1. The third-order valence-corrected chi connectivity index (χ3v) is 4.59. The van der Waals surface area contributed by atoms with E-state index in [2.05, 4.69) is 6.92 Å². The van der Waals surface area contributed by atoms with Gasteiger partial charge in [0.1, 0.15) is 17.6 Å². The normalized spacial score (nSPS) is 21.1. The largest absolute Gasteiger partial charge is 0.426 e. The average Bonchev–Trinajstić information content (AvgIpc) is 2.53. The second kappa shape index (κ2) is 7.93. The van der Waals surface area contributed by atoms with Crippen molar-refractivity contribution in [3.8, 4) is 11.8 Å². The van der Waals surface area contributed by atoms with Crippen molar-refractivity contribution in [1.29, 1.82) is 5.26 Å². The maximum absolute atomic E-state index is 13.4. The van der Waals surface area contributed by atoms with E-state index in [1.165, 1.54) is 44.2 Å². The summed E-state index contributed by atoms with van der Waals surface area (Å²) >= 11 is 0. The molecule has 1 aliphatic carbocycles. The third kappa shape index (κ3) is 4.56. The first-order chi connectivity index (χ1) is 10.6. The Balaban J connectivity index is 1.76. The van der Waals surface area contributed by atoms with Crippen LogP contribution in [0.3, 0.4) is 0 Å². The lowest BCUT2D eigenvalue weighted by molar-refractivity contribution is -0.134. The Hall–Kier alpha value is -1.89. The molecule has 118 valence electrons. The van der Waals surface area contributed by atoms with E-state index in [1.807, 2.05) is 0 Å². The van der Waals surface area contributed by atoms with E-state index < -0.39 is 5.82 Å². The molecule has 1 fully saturated rings. The topological polar surface area (TPSA) is 50.1 Å². The number of rotatable bonds is 5. The zero-order valence-electron chi connectivity index (χ0n) is 13.0. The van der Waals surface area contributed by atoms with Crippen LogP contribution in [0.5, 0.6) is 5.75 Å². The zero-order valence-corrected chi connectivity index (χ0v) is 13.0. The molecule has 1 saturated carbocycles. The number of halogens is 1. The molecule has 2 rings (SSSR count). The first-order valence-electron chi connectivity index (χ1n) is 8.02. The summed E-state index contributed by atoms with van der Waals surface area (Å²) in [5.74, 6) is 0.626. The predicted octanol–water partition coefficient (Wildman–Crippen LogP) is 4.60. The van der Waals surface area contributed by atoms with Gasteiger partial charge in [0.15, 0.2) is 0 Å². The van der Waals surface area contributed by atoms with E-state index in [1.54, 1.807) is 6.07 Å². The van der Waals surface area contributed by atoms with E-state index in [4.69, 9.17) is 10.00 Å². The lowest BCUT2D eigenvalue weighted by Gasteiger charge is -2.27. The fourth-order valence-electron chi connectivity index (χ4n) is 3.08. The molecule has 0 spiro atoms. The van der Waals surface area contributed by atoms with Crippen LogP contribution in [0.2, 0.25) is 0 Å². The second-order valence-electron chi connectivity index (χ2n) is 6.06. The lowest BCUT2D eigenvalue weighted by Crippen LogP contribution is -2.16. The van der Waals surface area contributed by atoms with Crippen LogP contribution >= 0.6 is 0 Å². The van der Waals surface area contributed by atoms with Gasteiger partial charge in [-0.1, -0.05) is 39.0 Å². The van der Waals surface area contributed by atoms with Crippen molar-refractivity contribution in [1.82, 2.24) is 0 Å². The van der Waals surface area contributed by atoms with E-state index >= 15 is 0 Å². The highest BCUT2D eigenvalue weighted by Gasteiger charge is 2.21. The predicted molar refractivity (Wildman–Crippen MR) is 81.7 cm³/mol. The fraction of sp³-hybridized carbons (Fsp3) is 0.556. The monoisotopic (exact) mass is 303 g/mol. The minimum Gasteiger partial charge on any atom is -0.426 e. The molecule has 1 aromatic rings. The summed E-state index contributed by atoms with van der Waals surface area (Å²) in [5, 5.41) is 8.66. The number of carbonyl (C=O) groups is 1. The zero-order chi connectivity index (χ0) is 15.9. The molecule has 3 nitrogen and oxygen atoms in total. The fourth-order valence-corrected chi connectivity index (χ4v) is 3.08. The molecule has 0 aliphatic heterocycles. The SMILES string of the molecule is CC[C@H]1CC[C@H](CCC(=O)Oc2ccc(C#N)c(F)c2)CC1. The molecule has 1 aromatic carbocycles. The van der Waals surface area contributed by atoms with Crippen LogP contribution in [-0.2, 0) is 4.79 Å². The minimum atomic E-state index is -0.661. The van der Waals surface area contributed by atoms with Gasteiger partial charge in [0.2, 0.25) is 0 Å². The number of hydrogen-bond acceptors (Lipinski definition) is 3. The van der Waals surface area contributed by atoms with Crippen LogP contribution in [0, 0.1) is 29.0 Å². The van der Waals surface area contributed by atoms with Crippen LogP contribution in [0.1, 0.15) is 57.4 Å². The minimum absolute atomic E-state index is 0.0486. The van der Waals surface area contributed by atoms with Gasteiger partial charge in [-0.2, -0.15) is 5.26 Å². The number of nitrogens with zero attached hydrogens (tertiary/aromatic N) is 1. The second-order valence-corrected chi connectivity index (χ2v) is 6.06. The molecule has 0 heterocycles. The summed E-state index contributed by atoms with van der Waals surface area (Å²) in [7, 11) is 0. The highest BCUT2D eigenvalue weighted by atomic mass is 19.1. The number of esters is 1. The molecule has 0 N–H and O–H groups in total. The van der Waals surface area contributed by atoms with E-state index in [0.29, 0.717) is 12.3 Å². The Morgan fingerprint density at radius 2 is 2.00 bits per heavy atom. The number of hydrogen-bond donors (Lipinski definition) is 0. The average molecular weight is 303 g/mol. The quantitative estimate of drug-likeness (QED) is 0.590. The van der Waals surface area contributed by atoms with Gasteiger partial charge in [-0.05, 0) is 30.4 Å². The summed E-state index contributed by atoms with van der Waals surface area (Å²) < 4.78 is 18.6. The third-order valence-electron chi connectivity index (χ3n) is 4.59. The first-order valence-corrected chi connectivity index (χ1v) is 8.02. The van der Waals surface area contributed by atoms with Gasteiger partial charge in [-0.25, -0.2) is 4.39 Å².